The highest BCUT2D eigenvalue weighted by Crippen LogP contribution is 2.40. The van der Waals surface area contributed by atoms with E-state index < -0.39 is 11.8 Å². The van der Waals surface area contributed by atoms with Crippen LogP contribution in [0.4, 0.5) is 4.39 Å². The number of aryl methyl sites for hydroxylation is 1. The van der Waals surface area contributed by atoms with E-state index in [1.54, 1.807) is 6.07 Å². The van der Waals surface area contributed by atoms with Crippen molar-refractivity contribution >= 4 is 41.1 Å². The maximum absolute atomic E-state index is 14.7. The third kappa shape index (κ3) is 2.48. The van der Waals surface area contributed by atoms with Crippen LogP contribution in [0, 0.1) is 12.7 Å². The number of esters is 1. The number of methoxy groups -OCH3 is 1. The first kappa shape index (κ1) is 15.8. The van der Waals surface area contributed by atoms with E-state index in [4.69, 9.17) is 11.6 Å². The van der Waals surface area contributed by atoms with Gasteiger partial charge in [-0.1, -0.05) is 23.7 Å². The fourth-order valence-electron chi connectivity index (χ4n) is 2.45. The van der Waals surface area contributed by atoms with E-state index in [9.17, 15) is 9.18 Å². The second kappa shape index (κ2) is 5.86. The molecule has 0 unspecified atom stereocenters. The Hall–Kier alpha value is -2.05. The molecule has 3 aromatic rings. The van der Waals surface area contributed by atoms with E-state index in [2.05, 4.69) is 27.6 Å². The third-order valence-electron chi connectivity index (χ3n) is 3.68. The number of nitrogens with zero attached hydrogens (tertiary/aromatic N) is 1. The lowest BCUT2D eigenvalue weighted by atomic mass is 9.97. The number of aromatic amines is 1. The van der Waals surface area contributed by atoms with Crippen LogP contribution in [0.15, 0.2) is 29.3 Å². The number of fused-ring (bicyclic) bond motifs is 1. The Morgan fingerprint density at radius 3 is 2.83 bits per heavy atom. The normalized spacial score (nSPS) is 11.0. The molecule has 0 aliphatic rings. The lowest BCUT2D eigenvalue weighted by Gasteiger charge is -2.12. The lowest BCUT2D eigenvalue weighted by molar-refractivity contribution is 0.0597. The molecule has 7 heteroatoms. The molecule has 0 fully saturated rings. The molecule has 0 saturated carbocycles. The largest absolute Gasteiger partial charge is 0.465 e. The van der Waals surface area contributed by atoms with Crippen LogP contribution in [0.5, 0.6) is 0 Å². The minimum Gasteiger partial charge on any atom is -0.465 e. The van der Waals surface area contributed by atoms with Gasteiger partial charge in [0.15, 0.2) is 5.82 Å². The smallest absolute Gasteiger partial charge is 0.343 e. The van der Waals surface area contributed by atoms with Crippen molar-refractivity contribution in [2.45, 2.75) is 11.8 Å². The van der Waals surface area contributed by atoms with Gasteiger partial charge in [-0.05, 0) is 24.1 Å². The fourth-order valence-corrected chi connectivity index (χ4v) is 2.97. The molecule has 0 atom stereocenters. The molecule has 0 bridgehead atoms. The van der Waals surface area contributed by atoms with E-state index in [-0.39, 0.29) is 16.1 Å². The Balaban J connectivity index is 2.39. The standard InChI is InChI=1S/C16H12ClFN2O2S/c1-7-3-4-8(5-10(7)23)11-9-6-19-20-15(9)12(16(21)22-2)14(18)13(11)17/h3-6,23H,1-2H3,(H,19,20). The second-order valence-electron chi connectivity index (χ2n) is 5.03. The maximum Gasteiger partial charge on any atom is 0.343 e. The van der Waals surface area contributed by atoms with Gasteiger partial charge in [-0.15, -0.1) is 12.6 Å². The average Bonchev–Trinajstić information content (AvgIpc) is 2.99. The molecule has 0 amide bonds. The van der Waals surface area contributed by atoms with Gasteiger partial charge in [0.25, 0.3) is 0 Å². The highest BCUT2D eigenvalue weighted by Gasteiger charge is 2.25. The van der Waals surface area contributed by atoms with Gasteiger partial charge in [0, 0.05) is 15.8 Å². The Labute approximate surface area is 142 Å². The molecule has 4 nitrogen and oxygen atoms in total. The van der Waals surface area contributed by atoms with Crippen molar-refractivity contribution in [3.05, 3.63) is 46.4 Å². The van der Waals surface area contributed by atoms with Crippen LogP contribution in [0.3, 0.4) is 0 Å². The molecular formula is C16H12ClFN2O2S. The minimum atomic E-state index is -0.841. The molecule has 1 heterocycles. The lowest BCUT2D eigenvalue weighted by Crippen LogP contribution is -2.07. The Morgan fingerprint density at radius 2 is 2.17 bits per heavy atom. The molecule has 118 valence electrons. The van der Waals surface area contributed by atoms with E-state index in [0.717, 1.165) is 10.5 Å². The first-order valence-electron chi connectivity index (χ1n) is 6.68. The molecule has 3 rings (SSSR count). The number of thiol groups is 1. The van der Waals surface area contributed by atoms with Gasteiger partial charge >= 0.3 is 5.97 Å². The summed E-state index contributed by atoms with van der Waals surface area (Å²) in [7, 11) is 1.18. The number of rotatable bonds is 2. The van der Waals surface area contributed by atoms with Crippen molar-refractivity contribution in [2.24, 2.45) is 0 Å². The van der Waals surface area contributed by atoms with Gasteiger partial charge in [-0.25, -0.2) is 9.18 Å². The van der Waals surface area contributed by atoms with E-state index in [1.807, 2.05) is 19.1 Å². The number of hydrogen-bond acceptors (Lipinski definition) is 4. The predicted octanol–water partition coefficient (Wildman–Crippen LogP) is 4.41. The first-order chi connectivity index (χ1) is 11.0. The van der Waals surface area contributed by atoms with Crippen LogP contribution in [0.1, 0.15) is 15.9 Å². The quantitative estimate of drug-likeness (QED) is 0.532. The Morgan fingerprint density at radius 1 is 1.43 bits per heavy atom. The summed E-state index contributed by atoms with van der Waals surface area (Å²) in [5.74, 6) is -1.66. The van der Waals surface area contributed by atoms with Gasteiger partial charge in [0.2, 0.25) is 0 Å². The van der Waals surface area contributed by atoms with Gasteiger partial charge < -0.3 is 4.74 Å². The van der Waals surface area contributed by atoms with Gasteiger partial charge in [0.05, 0.1) is 23.8 Å². The van der Waals surface area contributed by atoms with Crippen LogP contribution in [0.25, 0.3) is 22.0 Å². The maximum atomic E-state index is 14.7. The SMILES string of the molecule is COC(=O)c1c(F)c(Cl)c(-c2ccc(C)c(S)c2)c2cn[nH]c12. The molecule has 1 aromatic heterocycles. The molecule has 0 spiro atoms. The predicted molar refractivity (Wildman–Crippen MR) is 89.8 cm³/mol. The monoisotopic (exact) mass is 350 g/mol. The number of carbonyl (C=O) groups excluding carboxylic acids is 1. The number of nitrogens with one attached hydrogen (secondary N) is 1. The summed E-state index contributed by atoms with van der Waals surface area (Å²) in [5.41, 5.74) is 2.12. The number of H-pyrrole nitrogens is 1. The highest BCUT2D eigenvalue weighted by atomic mass is 35.5. The Bertz CT molecular complexity index is 939. The van der Waals surface area contributed by atoms with Gasteiger partial charge in [-0.3, -0.25) is 5.10 Å². The van der Waals surface area contributed by atoms with Crippen molar-refractivity contribution in [3.8, 4) is 11.1 Å². The van der Waals surface area contributed by atoms with Crippen molar-refractivity contribution in [1.29, 1.82) is 0 Å². The average molecular weight is 351 g/mol. The van der Waals surface area contributed by atoms with Crippen molar-refractivity contribution < 1.29 is 13.9 Å². The zero-order valence-corrected chi connectivity index (χ0v) is 13.9. The number of halogens is 2. The summed E-state index contributed by atoms with van der Waals surface area (Å²) in [6, 6.07) is 5.48. The number of hydrogen-bond donors (Lipinski definition) is 2. The van der Waals surface area contributed by atoms with Crippen LogP contribution in [0.2, 0.25) is 5.02 Å². The van der Waals surface area contributed by atoms with E-state index in [0.29, 0.717) is 16.5 Å². The van der Waals surface area contributed by atoms with Crippen LogP contribution >= 0.6 is 24.2 Å². The zero-order chi connectivity index (χ0) is 16.7. The van der Waals surface area contributed by atoms with E-state index in [1.165, 1.54) is 13.3 Å². The molecule has 0 saturated heterocycles. The van der Waals surface area contributed by atoms with Gasteiger partial charge in [-0.2, -0.15) is 5.10 Å². The van der Waals surface area contributed by atoms with Crippen LogP contribution in [-0.2, 0) is 4.74 Å². The molecule has 0 aliphatic heterocycles. The molecule has 0 aliphatic carbocycles. The summed E-state index contributed by atoms with van der Waals surface area (Å²) >= 11 is 10.6. The molecule has 1 N–H and O–H groups in total. The fraction of sp³-hybridized carbons (Fsp3) is 0.125. The molecular weight excluding hydrogens is 339 g/mol. The topological polar surface area (TPSA) is 55.0 Å². The second-order valence-corrected chi connectivity index (χ2v) is 5.89. The molecule has 2 aromatic carbocycles. The number of ether oxygens (including phenoxy) is 1. The Kier molecular flexibility index (Phi) is 4.04. The third-order valence-corrected chi connectivity index (χ3v) is 4.51. The summed E-state index contributed by atoms with van der Waals surface area (Å²) in [4.78, 5) is 12.6. The zero-order valence-electron chi connectivity index (χ0n) is 12.3. The van der Waals surface area contributed by atoms with Crippen LogP contribution < -0.4 is 0 Å². The molecule has 23 heavy (non-hydrogen) atoms. The summed E-state index contributed by atoms with van der Waals surface area (Å²) in [5, 5.41) is 6.93. The minimum absolute atomic E-state index is 0.157. The summed E-state index contributed by atoms with van der Waals surface area (Å²) < 4.78 is 19.3. The number of carbonyl (C=O) groups is 1. The summed E-state index contributed by atoms with van der Waals surface area (Å²) in [6.45, 7) is 1.92. The summed E-state index contributed by atoms with van der Waals surface area (Å²) in [6.07, 6.45) is 1.50. The number of aromatic nitrogens is 2. The van der Waals surface area contributed by atoms with Crippen molar-refractivity contribution in [1.82, 2.24) is 10.2 Å². The highest BCUT2D eigenvalue weighted by molar-refractivity contribution is 7.80. The van der Waals surface area contributed by atoms with Crippen molar-refractivity contribution in [3.63, 3.8) is 0 Å². The van der Waals surface area contributed by atoms with Crippen LogP contribution in [-0.4, -0.2) is 23.3 Å². The van der Waals surface area contributed by atoms with Crippen molar-refractivity contribution in [2.75, 3.05) is 7.11 Å². The van der Waals surface area contributed by atoms with Gasteiger partial charge in [0.1, 0.15) is 5.56 Å². The first-order valence-corrected chi connectivity index (χ1v) is 7.50. The van der Waals surface area contributed by atoms with E-state index >= 15 is 0 Å². The molecule has 0 radical (unpaired) electrons. The number of benzene rings is 2.